The molecule has 5 heterocycles. The lowest BCUT2D eigenvalue weighted by Crippen LogP contribution is -2.32. The van der Waals surface area contributed by atoms with Crippen LogP contribution in [-0.2, 0) is 43.8 Å². The van der Waals surface area contributed by atoms with Gasteiger partial charge in [-0.3, -0.25) is 19.2 Å². The SMILES string of the molecule is CCC1C(=O)N/C(=C\c2[nH]c(/C=c3\[nH]/c(=C/C4NC(=O)[C@H](CO)[C@H]4[C@@H]4C[SH+]4)c(C)c3CCC(=O)O)c(CCC(=O)O)c2C)C1C. The first kappa shape index (κ1) is 32.6. The predicted molar refractivity (Wildman–Crippen MR) is 173 cm³/mol. The molecule has 3 saturated heterocycles. The Morgan fingerprint density at radius 3 is 2.16 bits per heavy atom. The molecule has 7 N–H and O–H groups in total. The minimum atomic E-state index is -0.918. The van der Waals surface area contributed by atoms with Crippen LogP contribution in [0.2, 0.25) is 0 Å². The number of carbonyl (C=O) groups excluding carboxylic acids is 2. The summed E-state index contributed by atoms with van der Waals surface area (Å²) in [6.45, 7) is 7.66. The lowest BCUT2D eigenvalue weighted by atomic mass is 9.88. The van der Waals surface area contributed by atoms with E-state index in [1.54, 1.807) is 0 Å². The number of aromatic nitrogens is 2. The van der Waals surface area contributed by atoms with Crippen LogP contribution in [0.25, 0.3) is 18.2 Å². The van der Waals surface area contributed by atoms with E-state index in [0.29, 0.717) is 16.3 Å². The second-order valence-corrected chi connectivity index (χ2v) is 13.8. The van der Waals surface area contributed by atoms with E-state index in [1.165, 1.54) is 11.8 Å². The number of rotatable bonds is 12. The van der Waals surface area contributed by atoms with Crippen molar-refractivity contribution in [2.45, 2.75) is 71.1 Å². The lowest BCUT2D eigenvalue weighted by molar-refractivity contribution is -0.138. The largest absolute Gasteiger partial charge is 0.481 e. The average Bonchev–Trinajstić information content (AvgIpc) is 3.54. The van der Waals surface area contributed by atoms with Crippen molar-refractivity contribution in [1.29, 1.82) is 0 Å². The number of aliphatic hydroxyl groups excluding tert-OH is 1. The number of carboxylic acids is 2. The number of amides is 2. The smallest absolute Gasteiger partial charge is 0.303 e. The number of aliphatic hydroxyl groups is 1. The predicted octanol–water partition coefficient (Wildman–Crippen LogP) is 0.657. The van der Waals surface area contributed by atoms with Gasteiger partial charge in [0.15, 0.2) is 11.0 Å². The molecule has 3 fully saturated rings. The van der Waals surface area contributed by atoms with Crippen molar-refractivity contribution in [1.82, 2.24) is 20.6 Å². The molecule has 0 radical (unpaired) electrons. The van der Waals surface area contributed by atoms with E-state index < -0.39 is 17.9 Å². The lowest BCUT2D eigenvalue weighted by Gasteiger charge is -2.14. The number of allylic oxidation sites excluding steroid dienone is 1. The fourth-order valence-electron chi connectivity index (χ4n) is 6.96. The minimum Gasteiger partial charge on any atom is -0.481 e. The normalized spacial score (nSPS) is 27.8. The van der Waals surface area contributed by atoms with Crippen molar-refractivity contribution in [3.63, 3.8) is 0 Å². The summed E-state index contributed by atoms with van der Waals surface area (Å²) < 4.78 is 0. The number of carboxylic acid groups (broad SMARTS) is 2. The number of aliphatic carboxylic acids is 2. The van der Waals surface area contributed by atoms with Crippen molar-refractivity contribution < 1.29 is 34.5 Å². The number of carbonyl (C=O) groups is 4. The number of hydrogen-bond acceptors (Lipinski definition) is 5. The van der Waals surface area contributed by atoms with Gasteiger partial charge in [-0.05, 0) is 85.4 Å². The fourth-order valence-corrected chi connectivity index (χ4v) is 7.97. The van der Waals surface area contributed by atoms with Crippen LogP contribution in [0, 0.1) is 37.5 Å². The highest BCUT2D eigenvalue weighted by molar-refractivity contribution is 7.86. The van der Waals surface area contributed by atoms with E-state index in [-0.39, 0.29) is 67.9 Å². The Morgan fingerprint density at radius 2 is 1.58 bits per heavy atom. The topological polar surface area (TPSA) is 185 Å². The molecule has 3 aliphatic heterocycles. The monoisotopic (exact) mass is 639 g/mol. The Labute approximate surface area is 265 Å². The Balaban J connectivity index is 1.61. The summed E-state index contributed by atoms with van der Waals surface area (Å²) in [7, 11) is 0. The highest BCUT2D eigenvalue weighted by Crippen LogP contribution is 2.35. The first-order valence-electron chi connectivity index (χ1n) is 15.6. The van der Waals surface area contributed by atoms with Crippen molar-refractivity contribution in [3.8, 4) is 0 Å². The first-order chi connectivity index (χ1) is 21.4. The number of hydrogen-bond donors (Lipinski definition) is 7. The molecule has 3 aliphatic rings. The third-order valence-electron chi connectivity index (χ3n) is 9.71. The van der Waals surface area contributed by atoms with Gasteiger partial charge in [0, 0.05) is 58.4 Å². The van der Waals surface area contributed by atoms with Gasteiger partial charge in [0.05, 0.1) is 18.6 Å². The van der Waals surface area contributed by atoms with Gasteiger partial charge in [0.2, 0.25) is 11.8 Å². The van der Waals surface area contributed by atoms with Crippen LogP contribution in [0.15, 0.2) is 5.70 Å². The molecule has 45 heavy (non-hydrogen) atoms. The molecule has 0 aliphatic carbocycles. The number of aromatic amines is 2. The molecule has 6 atom stereocenters. The number of H-pyrrole nitrogens is 2. The van der Waals surface area contributed by atoms with E-state index in [2.05, 4.69) is 20.6 Å². The number of thiol groups is 1. The Morgan fingerprint density at radius 1 is 0.911 bits per heavy atom. The van der Waals surface area contributed by atoms with Gasteiger partial charge in [0.1, 0.15) is 0 Å². The molecule has 0 spiro atoms. The summed E-state index contributed by atoms with van der Waals surface area (Å²) in [4.78, 5) is 55.2. The van der Waals surface area contributed by atoms with E-state index in [9.17, 15) is 34.5 Å². The molecular weight excluding hydrogens is 596 g/mol. The van der Waals surface area contributed by atoms with Gasteiger partial charge in [0.25, 0.3) is 0 Å². The molecule has 11 nitrogen and oxygen atoms in total. The summed E-state index contributed by atoms with van der Waals surface area (Å²) in [5.41, 5.74) is 5.71. The van der Waals surface area contributed by atoms with E-state index in [4.69, 9.17) is 0 Å². The molecule has 3 unspecified atom stereocenters. The van der Waals surface area contributed by atoms with Gasteiger partial charge in [-0.1, -0.05) is 13.8 Å². The molecule has 242 valence electrons. The van der Waals surface area contributed by atoms with Gasteiger partial charge in [-0.15, -0.1) is 0 Å². The van der Waals surface area contributed by atoms with Crippen LogP contribution in [0.5, 0.6) is 0 Å². The number of nitrogens with one attached hydrogen (secondary N) is 4. The van der Waals surface area contributed by atoms with Crippen LogP contribution < -0.4 is 21.3 Å². The summed E-state index contributed by atoms with van der Waals surface area (Å²) in [5, 5.41) is 36.8. The average molecular weight is 640 g/mol. The summed E-state index contributed by atoms with van der Waals surface area (Å²) in [6.07, 6.45) is 6.97. The maximum Gasteiger partial charge on any atom is 0.303 e. The zero-order valence-corrected chi connectivity index (χ0v) is 27.0. The fraction of sp³-hybridized carbons (Fsp3) is 0.515. The molecule has 12 heteroatoms. The maximum absolute atomic E-state index is 12.7. The zero-order chi connectivity index (χ0) is 32.6. The van der Waals surface area contributed by atoms with Crippen LogP contribution in [0.1, 0.15) is 66.8 Å². The van der Waals surface area contributed by atoms with Gasteiger partial charge in [-0.2, -0.15) is 0 Å². The van der Waals surface area contributed by atoms with Crippen LogP contribution in [-0.4, -0.2) is 72.7 Å². The van der Waals surface area contributed by atoms with Crippen molar-refractivity contribution in [3.05, 3.63) is 50.0 Å². The van der Waals surface area contributed by atoms with Gasteiger partial charge in [-0.25, -0.2) is 0 Å². The molecule has 2 aromatic heterocycles. The van der Waals surface area contributed by atoms with E-state index >= 15 is 0 Å². The standard InChI is InChI=1S/C33H42N4O7S/c1-5-18-15(2)24(36-32(18)43)10-22-16(3)19(6-8-29(39)40)25(34-22)12-26-20(7-9-30(41)42)17(4)23(35-26)11-27-31(28-14-45-28)21(13-38)33(44)37-27/h10-12,15,18,21,27-28,31,34-35,38H,5-9,13-14H2,1-4H3,(H,36,43)(H,37,44)(H,39,40)(H,41,42)/p+1/b23-11+,24-10-,26-12-/t15?,18?,21-,27?,28+,31-/m1/s1. The molecule has 2 aromatic rings. The highest BCUT2D eigenvalue weighted by atomic mass is 32.2. The molecule has 5 rings (SSSR count). The molecule has 0 bridgehead atoms. The molecule has 2 amide bonds. The highest BCUT2D eigenvalue weighted by Gasteiger charge is 2.55. The van der Waals surface area contributed by atoms with Crippen molar-refractivity contribution in [2.75, 3.05) is 12.4 Å². The summed E-state index contributed by atoms with van der Waals surface area (Å²) >= 11 is 1.27. The molecule has 0 saturated carbocycles. The molecular formula is C33H43N4O7S+. The van der Waals surface area contributed by atoms with Crippen molar-refractivity contribution in [2.24, 2.45) is 23.7 Å². The van der Waals surface area contributed by atoms with Gasteiger partial charge < -0.3 is 35.9 Å². The third-order valence-corrected chi connectivity index (χ3v) is 10.8. The Hall–Kier alpha value is -3.77. The van der Waals surface area contributed by atoms with E-state index in [1.807, 2.05) is 45.9 Å². The quantitative estimate of drug-likeness (QED) is 0.101. The van der Waals surface area contributed by atoms with Crippen LogP contribution in [0.3, 0.4) is 0 Å². The third kappa shape index (κ3) is 6.76. The minimum absolute atomic E-state index is 0.000670. The van der Waals surface area contributed by atoms with Crippen LogP contribution in [0.4, 0.5) is 0 Å². The first-order valence-corrected chi connectivity index (χ1v) is 16.7. The zero-order valence-electron chi connectivity index (χ0n) is 26.1. The summed E-state index contributed by atoms with van der Waals surface area (Å²) in [6, 6.07) is -0.264. The Kier molecular flexibility index (Phi) is 9.64. The maximum atomic E-state index is 12.7. The second kappa shape index (κ2) is 13.3. The summed E-state index contributed by atoms with van der Waals surface area (Å²) in [5.74, 6) is -1.54. The second-order valence-electron chi connectivity index (χ2n) is 12.4. The molecule has 0 aromatic carbocycles. The van der Waals surface area contributed by atoms with Gasteiger partial charge >= 0.3 is 11.9 Å². The Bertz CT molecular complexity index is 1670. The van der Waals surface area contributed by atoms with Crippen molar-refractivity contribution >= 4 is 53.7 Å². The van der Waals surface area contributed by atoms with Crippen LogP contribution >= 0.6 is 0 Å². The van der Waals surface area contributed by atoms with E-state index in [0.717, 1.165) is 51.2 Å².